The van der Waals surface area contributed by atoms with Gasteiger partial charge in [0.15, 0.2) is 0 Å². The van der Waals surface area contributed by atoms with E-state index >= 15 is 0 Å². The molecule has 0 fully saturated rings. The number of carbonyl (C=O) groups excluding carboxylic acids is 1. The molecule has 0 spiro atoms. The molecule has 4 heteroatoms. The summed E-state index contributed by atoms with van der Waals surface area (Å²) in [4.78, 5) is 12.2. The molecular weight excluding hydrogens is 333 g/mol. The molecule has 110 valence electrons. The molecule has 0 saturated carbocycles. The van der Waals surface area contributed by atoms with Gasteiger partial charge in [-0.05, 0) is 57.2 Å². The normalized spacial score (nSPS) is 11.3. The number of amides is 1. The van der Waals surface area contributed by atoms with Crippen molar-refractivity contribution in [2.24, 2.45) is 0 Å². The summed E-state index contributed by atoms with van der Waals surface area (Å²) in [5.41, 5.74) is 2.34. The standard InChI is InChI=1S/C17H17BrFNO/c1-17(2,3)12-6-4-11(5-7-12)16(21)20-13-8-9-15(19)14(18)10-13/h4-10H,1-3H3,(H,20,21). The molecule has 0 heterocycles. The highest BCUT2D eigenvalue weighted by Crippen LogP contribution is 2.23. The molecule has 21 heavy (non-hydrogen) atoms. The van der Waals surface area contributed by atoms with Crippen LogP contribution >= 0.6 is 15.9 Å². The smallest absolute Gasteiger partial charge is 0.255 e. The van der Waals surface area contributed by atoms with Crippen molar-refractivity contribution >= 4 is 27.5 Å². The summed E-state index contributed by atoms with van der Waals surface area (Å²) in [5, 5.41) is 2.75. The van der Waals surface area contributed by atoms with Crippen molar-refractivity contribution in [2.75, 3.05) is 5.32 Å². The lowest BCUT2D eigenvalue weighted by Gasteiger charge is -2.19. The van der Waals surface area contributed by atoms with Gasteiger partial charge in [0.1, 0.15) is 5.82 Å². The number of carbonyl (C=O) groups is 1. The van der Waals surface area contributed by atoms with Gasteiger partial charge in [0.25, 0.3) is 5.91 Å². The molecule has 0 radical (unpaired) electrons. The maximum atomic E-state index is 13.2. The van der Waals surface area contributed by atoms with Gasteiger partial charge in [0.2, 0.25) is 0 Å². The lowest BCUT2D eigenvalue weighted by Crippen LogP contribution is -2.14. The summed E-state index contributed by atoms with van der Waals surface area (Å²) >= 11 is 3.10. The van der Waals surface area contributed by atoms with Gasteiger partial charge in [-0.15, -0.1) is 0 Å². The first kappa shape index (κ1) is 15.7. The first-order valence-electron chi connectivity index (χ1n) is 6.64. The topological polar surface area (TPSA) is 29.1 Å². The molecule has 0 aliphatic heterocycles. The lowest BCUT2D eigenvalue weighted by atomic mass is 9.87. The number of nitrogens with one attached hydrogen (secondary N) is 1. The molecule has 2 aromatic rings. The van der Waals surface area contributed by atoms with Gasteiger partial charge in [-0.2, -0.15) is 0 Å². The average Bonchev–Trinajstić information content (AvgIpc) is 2.42. The van der Waals surface area contributed by atoms with Crippen LogP contribution in [0.4, 0.5) is 10.1 Å². The van der Waals surface area contributed by atoms with E-state index in [0.29, 0.717) is 15.7 Å². The highest BCUT2D eigenvalue weighted by molar-refractivity contribution is 9.10. The predicted molar refractivity (Wildman–Crippen MR) is 87.2 cm³/mol. The number of hydrogen-bond donors (Lipinski definition) is 1. The van der Waals surface area contributed by atoms with E-state index in [9.17, 15) is 9.18 Å². The fourth-order valence-electron chi connectivity index (χ4n) is 1.90. The largest absolute Gasteiger partial charge is 0.322 e. The molecule has 2 aromatic carbocycles. The number of benzene rings is 2. The van der Waals surface area contributed by atoms with Crippen LogP contribution < -0.4 is 5.32 Å². The van der Waals surface area contributed by atoms with Gasteiger partial charge < -0.3 is 5.32 Å². The summed E-state index contributed by atoms with van der Waals surface area (Å²) in [5.74, 6) is -0.573. The van der Waals surface area contributed by atoms with E-state index in [1.54, 1.807) is 12.1 Å². The molecule has 2 nitrogen and oxygen atoms in total. The zero-order valence-electron chi connectivity index (χ0n) is 12.2. The quantitative estimate of drug-likeness (QED) is 0.799. The van der Waals surface area contributed by atoms with Crippen LogP contribution in [0.25, 0.3) is 0 Å². The van der Waals surface area contributed by atoms with Crippen LogP contribution in [0.15, 0.2) is 46.9 Å². The molecule has 1 N–H and O–H groups in total. The lowest BCUT2D eigenvalue weighted by molar-refractivity contribution is 0.102. The summed E-state index contributed by atoms with van der Waals surface area (Å²) in [7, 11) is 0. The minimum absolute atomic E-state index is 0.0524. The summed E-state index contributed by atoms with van der Waals surface area (Å²) < 4.78 is 13.5. The molecule has 0 saturated heterocycles. The summed E-state index contributed by atoms with van der Waals surface area (Å²) in [6, 6.07) is 11.9. The minimum atomic E-state index is -0.359. The Kier molecular flexibility index (Phi) is 4.47. The zero-order chi connectivity index (χ0) is 15.6. The van der Waals surface area contributed by atoms with Crippen molar-refractivity contribution in [2.45, 2.75) is 26.2 Å². The number of halogens is 2. The zero-order valence-corrected chi connectivity index (χ0v) is 13.8. The number of hydrogen-bond acceptors (Lipinski definition) is 1. The number of rotatable bonds is 2. The van der Waals surface area contributed by atoms with Crippen molar-refractivity contribution in [1.82, 2.24) is 0 Å². The van der Waals surface area contributed by atoms with E-state index in [1.165, 1.54) is 23.8 Å². The van der Waals surface area contributed by atoms with Crippen molar-refractivity contribution in [3.63, 3.8) is 0 Å². The van der Waals surface area contributed by atoms with Crippen LogP contribution in [0.3, 0.4) is 0 Å². The molecule has 1 amide bonds. The minimum Gasteiger partial charge on any atom is -0.322 e. The average molecular weight is 350 g/mol. The third-order valence-corrected chi connectivity index (χ3v) is 3.80. The van der Waals surface area contributed by atoms with Crippen LogP contribution in [-0.4, -0.2) is 5.91 Å². The monoisotopic (exact) mass is 349 g/mol. The third-order valence-electron chi connectivity index (χ3n) is 3.19. The van der Waals surface area contributed by atoms with Crippen molar-refractivity contribution in [3.8, 4) is 0 Å². The highest BCUT2D eigenvalue weighted by Gasteiger charge is 2.14. The van der Waals surface area contributed by atoms with Gasteiger partial charge in [-0.1, -0.05) is 32.9 Å². The SMILES string of the molecule is CC(C)(C)c1ccc(C(=O)Nc2ccc(F)c(Br)c2)cc1. The highest BCUT2D eigenvalue weighted by atomic mass is 79.9. The predicted octanol–water partition coefficient (Wildman–Crippen LogP) is 5.14. The van der Waals surface area contributed by atoms with Crippen LogP contribution in [-0.2, 0) is 5.41 Å². The Bertz CT molecular complexity index is 659. The maximum Gasteiger partial charge on any atom is 0.255 e. The molecule has 0 aliphatic rings. The molecule has 0 aromatic heterocycles. The Hall–Kier alpha value is -1.68. The van der Waals surface area contributed by atoms with Crippen LogP contribution in [0.5, 0.6) is 0 Å². The van der Waals surface area contributed by atoms with Crippen LogP contribution in [0.2, 0.25) is 0 Å². The van der Waals surface area contributed by atoms with E-state index < -0.39 is 0 Å². The van der Waals surface area contributed by atoms with Crippen molar-refractivity contribution < 1.29 is 9.18 Å². The van der Waals surface area contributed by atoms with E-state index in [4.69, 9.17) is 0 Å². The first-order valence-corrected chi connectivity index (χ1v) is 7.43. The molecule has 0 atom stereocenters. The van der Waals surface area contributed by atoms with E-state index in [0.717, 1.165) is 0 Å². The van der Waals surface area contributed by atoms with Gasteiger partial charge in [-0.25, -0.2) is 4.39 Å². The molecule has 0 unspecified atom stereocenters. The molecule has 0 aliphatic carbocycles. The van der Waals surface area contributed by atoms with Gasteiger partial charge in [0, 0.05) is 11.3 Å². The van der Waals surface area contributed by atoms with Crippen LogP contribution in [0.1, 0.15) is 36.7 Å². The maximum absolute atomic E-state index is 13.2. The summed E-state index contributed by atoms with van der Waals surface area (Å²) in [6.07, 6.45) is 0. The molecular formula is C17H17BrFNO. The Morgan fingerprint density at radius 1 is 1.10 bits per heavy atom. The second-order valence-electron chi connectivity index (χ2n) is 5.91. The fourth-order valence-corrected chi connectivity index (χ4v) is 2.28. The molecule has 0 bridgehead atoms. The van der Waals surface area contributed by atoms with Gasteiger partial charge in [0.05, 0.1) is 4.47 Å². The van der Waals surface area contributed by atoms with E-state index in [-0.39, 0.29) is 17.1 Å². The van der Waals surface area contributed by atoms with Gasteiger partial charge >= 0.3 is 0 Å². The van der Waals surface area contributed by atoms with Crippen molar-refractivity contribution in [1.29, 1.82) is 0 Å². The Morgan fingerprint density at radius 2 is 1.71 bits per heavy atom. The van der Waals surface area contributed by atoms with E-state index in [1.807, 2.05) is 12.1 Å². The Morgan fingerprint density at radius 3 is 2.24 bits per heavy atom. The summed E-state index contributed by atoms with van der Waals surface area (Å²) in [6.45, 7) is 6.37. The Labute approximate surface area is 132 Å². The van der Waals surface area contributed by atoms with E-state index in [2.05, 4.69) is 42.0 Å². The fraction of sp³-hybridized carbons (Fsp3) is 0.235. The first-order chi connectivity index (χ1) is 9.77. The second kappa shape index (κ2) is 5.98. The third kappa shape index (κ3) is 3.91. The molecule has 2 rings (SSSR count). The van der Waals surface area contributed by atoms with Gasteiger partial charge in [-0.3, -0.25) is 4.79 Å². The number of anilines is 1. The van der Waals surface area contributed by atoms with Crippen LogP contribution in [0, 0.1) is 5.82 Å². The van der Waals surface area contributed by atoms with Crippen molar-refractivity contribution in [3.05, 3.63) is 63.9 Å². The second-order valence-corrected chi connectivity index (χ2v) is 6.76. The Balaban J connectivity index is 2.15.